The first-order valence-corrected chi connectivity index (χ1v) is 6.52. The number of aliphatic hydroxyl groups is 1. The minimum Gasteiger partial charge on any atom is -0.395 e. The second kappa shape index (κ2) is 7.45. The van der Waals surface area contributed by atoms with Gasteiger partial charge in [0.1, 0.15) is 0 Å². The first-order valence-electron chi connectivity index (χ1n) is 6.52. The highest BCUT2D eigenvalue weighted by molar-refractivity contribution is 5.00. The second-order valence-electron chi connectivity index (χ2n) is 4.94. The maximum absolute atomic E-state index is 9.29. The van der Waals surface area contributed by atoms with Crippen LogP contribution in [0.1, 0.15) is 39.3 Å². The van der Waals surface area contributed by atoms with Gasteiger partial charge in [-0.1, -0.05) is 20.8 Å². The number of hydrogen-bond acceptors (Lipinski definition) is 3. The molecule has 1 aromatic heterocycles. The van der Waals surface area contributed by atoms with Crippen LogP contribution in [0.2, 0.25) is 0 Å². The van der Waals surface area contributed by atoms with Gasteiger partial charge in [-0.25, -0.2) is 0 Å². The van der Waals surface area contributed by atoms with E-state index < -0.39 is 0 Å². The summed E-state index contributed by atoms with van der Waals surface area (Å²) in [6, 6.07) is 2.21. The first-order chi connectivity index (χ1) is 8.17. The molecule has 1 heterocycles. The summed E-state index contributed by atoms with van der Waals surface area (Å²) in [6.07, 6.45) is 3.92. The number of aryl methyl sites for hydroxylation is 1. The second-order valence-corrected chi connectivity index (χ2v) is 4.94. The molecule has 4 nitrogen and oxygen atoms in total. The molecule has 17 heavy (non-hydrogen) atoms. The van der Waals surface area contributed by atoms with Crippen LogP contribution in [0.3, 0.4) is 0 Å². The number of nitrogens with zero attached hydrogens (tertiary/aromatic N) is 2. The molecule has 0 aromatic carbocycles. The fourth-order valence-corrected chi connectivity index (χ4v) is 1.96. The number of aliphatic hydroxyl groups excluding tert-OH is 1. The van der Waals surface area contributed by atoms with Gasteiger partial charge in [0.15, 0.2) is 0 Å². The summed E-state index contributed by atoms with van der Waals surface area (Å²) >= 11 is 0. The van der Waals surface area contributed by atoms with Crippen molar-refractivity contribution in [3.05, 3.63) is 18.0 Å². The van der Waals surface area contributed by atoms with Crippen molar-refractivity contribution in [1.29, 1.82) is 0 Å². The van der Waals surface area contributed by atoms with Crippen LogP contribution in [-0.4, -0.2) is 27.5 Å². The van der Waals surface area contributed by atoms with Gasteiger partial charge in [0.25, 0.3) is 0 Å². The van der Waals surface area contributed by atoms with Crippen LogP contribution in [0.15, 0.2) is 12.3 Å². The Kier molecular flexibility index (Phi) is 6.22. The van der Waals surface area contributed by atoms with Crippen LogP contribution in [0.4, 0.5) is 0 Å². The smallest absolute Gasteiger partial charge is 0.0584 e. The highest BCUT2D eigenvalue weighted by Gasteiger charge is 2.10. The Balaban J connectivity index is 2.44. The van der Waals surface area contributed by atoms with Crippen LogP contribution in [0, 0.1) is 5.92 Å². The average Bonchev–Trinajstić information content (AvgIpc) is 2.72. The van der Waals surface area contributed by atoms with Gasteiger partial charge in [0, 0.05) is 25.3 Å². The van der Waals surface area contributed by atoms with Crippen molar-refractivity contribution in [2.75, 3.05) is 6.61 Å². The molecule has 1 atom stereocenters. The molecule has 0 bridgehead atoms. The molecule has 98 valence electrons. The standard InChI is InChI=1S/C13H25N3O/c1-4-7-16-13(5-6-15-16)9-14-12(10-17)8-11(2)3/h5-6,11-12,14,17H,4,7-10H2,1-3H3. The van der Waals surface area contributed by atoms with E-state index in [1.807, 2.05) is 16.9 Å². The predicted octanol–water partition coefficient (Wildman–Crippen LogP) is 1.79. The molecule has 0 fully saturated rings. The minimum atomic E-state index is 0.181. The lowest BCUT2D eigenvalue weighted by Gasteiger charge is -2.18. The van der Waals surface area contributed by atoms with E-state index in [1.165, 1.54) is 5.69 Å². The lowest BCUT2D eigenvalue weighted by molar-refractivity contribution is 0.222. The lowest BCUT2D eigenvalue weighted by atomic mass is 10.0. The predicted molar refractivity (Wildman–Crippen MR) is 69.7 cm³/mol. The van der Waals surface area contributed by atoms with Crippen LogP contribution < -0.4 is 5.32 Å². The van der Waals surface area contributed by atoms with Gasteiger partial charge in [-0.15, -0.1) is 0 Å². The normalized spacial score (nSPS) is 13.2. The summed E-state index contributed by atoms with van der Waals surface area (Å²) in [5.74, 6) is 0.597. The Hall–Kier alpha value is -0.870. The Morgan fingerprint density at radius 1 is 1.47 bits per heavy atom. The summed E-state index contributed by atoms with van der Waals surface area (Å²) in [7, 11) is 0. The molecule has 1 rings (SSSR count). The van der Waals surface area contributed by atoms with E-state index in [4.69, 9.17) is 0 Å². The fraction of sp³-hybridized carbons (Fsp3) is 0.769. The highest BCUT2D eigenvalue weighted by atomic mass is 16.3. The Morgan fingerprint density at radius 3 is 2.82 bits per heavy atom. The summed E-state index contributed by atoms with van der Waals surface area (Å²) in [6.45, 7) is 8.42. The van der Waals surface area contributed by atoms with Crippen molar-refractivity contribution in [2.24, 2.45) is 5.92 Å². The summed E-state index contributed by atoms with van der Waals surface area (Å²) in [5.41, 5.74) is 1.19. The van der Waals surface area contributed by atoms with Crippen LogP contribution in [-0.2, 0) is 13.1 Å². The number of rotatable bonds is 8. The summed E-state index contributed by atoms with van der Waals surface area (Å²) in [5, 5.41) is 17.0. The molecule has 4 heteroatoms. The van der Waals surface area contributed by atoms with Crippen molar-refractivity contribution in [1.82, 2.24) is 15.1 Å². The third-order valence-electron chi connectivity index (χ3n) is 2.79. The molecule has 1 unspecified atom stereocenters. The number of hydrogen-bond donors (Lipinski definition) is 2. The molecule has 0 aliphatic rings. The number of nitrogens with one attached hydrogen (secondary N) is 1. The maximum Gasteiger partial charge on any atom is 0.0584 e. The van der Waals surface area contributed by atoms with Crippen LogP contribution in [0.5, 0.6) is 0 Å². The van der Waals surface area contributed by atoms with Gasteiger partial charge in [0.05, 0.1) is 12.3 Å². The number of aromatic nitrogens is 2. The maximum atomic E-state index is 9.29. The topological polar surface area (TPSA) is 50.1 Å². The molecule has 0 aliphatic carbocycles. The van der Waals surface area contributed by atoms with Crippen molar-refractivity contribution < 1.29 is 5.11 Å². The van der Waals surface area contributed by atoms with E-state index in [9.17, 15) is 5.11 Å². The Labute approximate surface area is 104 Å². The Bertz CT molecular complexity index is 309. The van der Waals surface area contributed by atoms with E-state index in [0.717, 1.165) is 25.9 Å². The van der Waals surface area contributed by atoms with Crippen LogP contribution in [0.25, 0.3) is 0 Å². The molecule has 1 aromatic rings. The highest BCUT2D eigenvalue weighted by Crippen LogP contribution is 2.06. The van der Waals surface area contributed by atoms with E-state index in [-0.39, 0.29) is 12.6 Å². The van der Waals surface area contributed by atoms with Gasteiger partial charge < -0.3 is 10.4 Å². The molecule has 0 spiro atoms. The van der Waals surface area contributed by atoms with E-state index in [1.54, 1.807) is 0 Å². The third-order valence-corrected chi connectivity index (χ3v) is 2.79. The minimum absolute atomic E-state index is 0.181. The van der Waals surface area contributed by atoms with Crippen molar-refractivity contribution in [3.63, 3.8) is 0 Å². The zero-order valence-electron chi connectivity index (χ0n) is 11.2. The monoisotopic (exact) mass is 239 g/mol. The molecule has 0 radical (unpaired) electrons. The average molecular weight is 239 g/mol. The molecule has 0 aliphatic heterocycles. The van der Waals surface area contributed by atoms with E-state index >= 15 is 0 Å². The van der Waals surface area contributed by atoms with E-state index in [2.05, 4.69) is 31.2 Å². The van der Waals surface area contributed by atoms with Gasteiger partial charge >= 0.3 is 0 Å². The molecule has 0 saturated carbocycles. The zero-order valence-corrected chi connectivity index (χ0v) is 11.2. The molecule has 2 N–H and O–H groups in total. The van der Waals surface area contributed by atoms with Gasteiger partial charge in [0.2, 0.25) is 0 Å². The molecular weight excluding hydrogens is 214 g/mol. The van der Waals surface area contributed by atoms with Crippen molar-refractivity contribution >= 4 is 0 Å². The SMILES string of the molecule is CCCn1nccc1CNC(CO)CC(C)C. The van der Waals surface area contributed by atoms with E-state index in [0.29, 0.717) is 5.92 Å². The molecule has 0 amide bonds. The lowest BCUT2D eigenvalue weighted by Crippen LogP contribution is -2.33. The zero-order chi connectivity index (χ0) is 12.7. The van der Waals surface area contributed by atoms with Crippen molar-refractivity contribution in [2.45, 2.75) is 52.7 Å². The van der Waals surface area contributed by atoms with Crippen LogP contribution >= 0.6 is 0 Å². The summed E-state index contributed by atoms with van der Waals surface area (Å²) < 4.78 is 2.02. The summed E-state index contributed by atoms with van der Waals surface area (Å²) in [4.78, 5) is 0. The largest absolute Gasteiger partial charge is 0.395 e. The van der Waals surface area contributed by atoms with Crippen molar-refractivity contribution in [3.8, 4) is 0 Å². The fourth-order valence-electron chi connectivity index (χ4n) is 1.96. The first kappa shape index (κ1) is 14.2. The molecule has 0 saturated heterocycles. The van der Waals surface area contributed by atoms with Gasteiger partial charge in [-0.2, -0.15) is 5.10 Å². The van der Waals surface area contributed by atoms with Gasteiger partial charge in [-0.05, 0) is 24.8 Å². The quantitative estimate of drug-likeness (QED) is 0.727. The third kappa shape index (κ3) is 4.88. The molecular formula is C13H25N3O. The Morgan fingerprint density at radius 2 is 2.24 bits per heavy atom. The van der Waals surface area contributed by atoms with Gasteiger partial charge in [-0.3, -0.25) is 4.68 Å².